The summed E-state index contributed by atoms with van der Waals surface area (Å²) in [4.78, 5) is 3.68. The molecule has 2 aromatic carbocycles. The van der Waals surface area contributed by atoms with E-state index in [1.807, 2.05) is 0 Å². The number of aromatic nitrogens is 3. The van der Waals surface area contributed by atoms with Crippen molar-refractivity contribution in [3.63, 3.8) is 0 Å². The maximum Gasteiger partial charge on any atom is 0.453 e. The maximum atomic E-state index is 13.0. The van der Waals surface area contributed by atoms with Crippen molar-refractivity contribution >= 4 is 0 Å². The first-order valence-corrected chi connectivity index (χ1v) is 7.02. The summed E-state index contributed by atoms with van der Waals surface area (Å²) in [6.07, 6.45) is -4.63. The van der Waals surface area contributed by atoms with E-state index in [-0.39, 0.29) is 12.6 Å². The summed E-state index contributed by atoms with van der Waals surface area (Å²) in [5.41, 5.74) is 0.930. The molecular formula is C16H10F3N3O2. The molecule has 4 rings (SSSR count). The summed E-state index contributed by atoms with van der Waals surface area (Å²) >= 11 is 0. The second kappa shape index (κ2) is 5.26. The first kappa shape index (κ1) is 14.6. The van der Waals surface area contributed by atoms with Crippen LogP contribution in [0.25, 0.3) is 17.1 Å². The monoisotopic (exact) mass is 333 g/mol. The zero-order chi connectivity index (χ0) is 16.7. The van der Waals surface area contributed by atoms with Crippen LogP contribution in [0.5, 0.6) is 11.5 Å². The molecule has 0 saturated heterocycles. The minimum atomic E-state index is -4.63. The molecule has 122 valence electrons. The van der Waals surface area contributed by atoms with Gasteiger partial charge in [-0.2, -0.15) is 13.2 Å². The predicted octanol–water partition coefficient (Wildman–Crippen LogP) is 3.68. The zero-order valence-electron chi connectivity index (χ0n) is 12.1. The third kappa shape index (κ3) is 2.45. The second-order valence-corrected chi connectivity index (χ2v) is 5.07. The van der Waals surface area contributed by atoms with E-state index >= 15 is 0 Å². The van der Waals surface area contributed by atoms with Crippen molar-refractivity contribution in [2.24, 2.45) is 0 Å². The molecule has 0 fully saturated rings. The normalized spacial score (nSPS) is 13.3. The number of benzene rings is 2. The first-order valence-electron chi connectivity index (χ1n) is 7.02. The van der Waals surface area contributed by atoms with Gasteiger partial charge in [-0.05, 0) is 30.3 Å². The first-order chi connectivity index (χ1) is 11.5. The lowest BCUT2D eigenvalue weighted by Crippen LogP contribution is -2.08. The van der Waals surface area contributed by atoms with Crippen molar-refractivity contribution in [1.82, 2.24) is 14.8 Å². The van der Waals surface area contributed by atoms with Gasteiger partial charge in [0.1, 0.15) is 0 Å². The van der Waals surface area contributed by atoms with E-state index in [1.165, 1.54) is 4.68 Å². The van der Waals surface area contributed by atoms with Crippen LogP contribution in [0, 0.1) is 0 Å². The van der Waals surface area contributed by atoms with Gasteiger partial charge >= 0.3 is 6.18 Å². The summed E-state index contributed by atoms with van der Waals surface area (Å²) in [6.45, 7) is 0.0813. The number of nitrogens with zero attached hydrogens (tertiary/aromatic N) is 3. The van der Waals surface area contributed by atoms with Crippen LogP contribution in [0.15, 0.2) is 48.5 Å². The number of hydrogen-bond donors (Lipinski definition) is 0. The second-order valence-electron chi connectivity index (χ2n) is 5.07. The molecule has 24 heavy (non-hydrogen) atoms. The Morgan fingerprint density at radius 3 is 2.46 bits per heavy atom. The van der Waals surface area contributed by atoms with E-state index in [2.05, 4.69) is 10.1 Å². The highest BCUT2D eigenvalue weighted by atomic mass is 19.4. The summed E-state index contributed by atoms with van der Waals surface area (Å²) < 4.78 is 50.8. The van der Waals surface area contributed by atoms with Crippen molar-refractivity contribution < 1.29 is 22.6 Å². The van der Waals surface area contributed by atoms with Crippen molar-refractivity contribution in [3.05, 3.63) is 54.4 Å². The van der Waals surface area contributed by atoms with Crippen LogP contribution in [0.4, 0.5) is 13.2 Å². The van der Waals surface area contributed by atoms with Crippen LogP contribution in [0.2, 0.25) is 0 Å². The minimum Gasteiger partial charge on any atom is -0.454 e. The molecule has 3 aromatic rings. The third-order valence-electron chi connectivity index (χ3n) is 3.49. The molecular weight excluding hydrogens is 323 g/mol. The summed E-state index contributed by atoms with van der Waals surface area (Å²) in [5, 5.41) is 3.63. The molecule has 8 heteroatoms. The van der Waals surface area contributed by atoms with E-state index in [9.17, 15) is 13.2 Å². The highest BCUT2D eigenvalue weighted by Crippen LogP contribution is 2.37. The van der Waals surface area contributed by atoms with Gasteiger partial charge in [0.15, 0.2) is 17.3 Å². The van der Waals surface area contributed by atoms with Crippen LogP contribution >= 0.6 is 0 Å². The maximum absolute atomic E-state index is 13.0. The van der Waals surface area contributed by atoms with Gasteiger partial charge in [-0.3, -0.25) is 0 Å². The average Bonchev–Trinajstić information content (AvgIpc) is 3.21. The molecule has 0 aliphatic carbocycles. The van der Waals surface area contributed by atoms with E-state index in [1.54, 1.807) is 48.5 Å². The van der Waals surface area contributed by atoms with Gasteiger partial charge in [0.2, 0.25) is 6.79 Å². The molecule has 1 aliphatic rings. The van der Waals surface area contributed by atoms with Gasteiger partial charge in [0.05, 0.1) is 5.69 Å². The highest BCUT2D eigenvalue weighted by Gasteiger charge is 2.37. The Kier molecular flexibility index (Phi) is 3.19. The van der Waals surface area contributed by atoms with Crippen LogP contribution < -0.4 is 9.47 Å². The summed E-state index contributed by atoms with van der Waals surface area (Å²) in [6, 6.07) is 13.4. The molecule has 0 bridgehead atoms. The number of hydrogen-bond acceptors (Lipinski definition) is 4. The van der Waals surface area contributed by atoms with Crippen molar-refractivity contribution in [3.8, 4) is 28.6 Å². The Morgan fingerprint density at radius 1 is 0.958 bits per heavy atom. The molecule has 1 aromatic heterocycles. The Balaban J connectivity index is 1.89. The zero-order valence-corrected chi connectivity index (χ0v) is 12.1. The number of para-hydroxylation sites is 1. The summed E-state index contributed by atoms with van der Waals surface area (Å²) in [7, 11) is 0. The number of fused-ring (bicyclic) bond motifs is 1. The third-order valence-corrected chi connectivity index (χ3v) is 3.49. The topological polar surface area (TPSA) is 49.2 Å². The van der Waals surface area contributed by atoms with Crippen LogP contribution in [0.3, 0.4) is 0 Å². The molecule has 5 nitrogen and oxygen atoms in total. The summed E-state index contributed by atoms with van der Waals surface area (Å²) in [5.74, 6) is -0.116. The molecule has 0 N–H and O–H groups in total. The van der Waals surface area contributed by atoms with E-state index in [0.717, 1.165) is 0 Å². The van der Waals surface area contributed by atoms with Gasteiger partial charge in [-0.15, -0.1) is 5.10 Å². The van der Waals surface area contributed by atoms with E-state index < -0.39 is 12.0 Å². The van der Waals surface area contributed by atoms with Gasteiger partial charge in [0.25, 0.3) is 5.82 Å². The Bertz CT molecular complexity index is 891. The fraction of sp³-hybridized carbons (Fsp3) is 0.125. The number of ether oxygens (including phenoxy) is 2. The number of halogens is 3. The van der Waals surface area contributed by atoms with Crippen molar-refractivity contribution in [2.45, 2.75) is 6.18 Å². The van der Waals surface area contributed by atoms with E-state index in [4.69, 9.17) is 9.47 Å². The molecule has 1 aliphatic heterocycles. The van der Waals surface area contributed by atoms with Crippen molar-refractivity contribution in [1.29, 1.82) is 0 Å². The fourth-order valence-corrected chi connectivity index (χ4v) is 2.40. The molecule has 0 amide bonds. The van der Waals surface area contributed by atoms with Crippen LogP contribution in [0.1, 0.15) is 5.82 Å². The van der Waals surface area contributed by atoms with Crippen molar-refractivity contribution in [2.75, 3.05) is 6.79 Å². The quantitative estimate of drug-likeness (QED) is 0.718. The largest absolute Gasteiger partial charge is 0.454 e. The SMILES string of the molecule is FC(F)(F)c1nc(-c2ccc3c(c2)OCO3)n(-c2ccccc2)n1. The average molecular weight is 333 g/mol. The lowest BCUT2D eigenvalue weighted by atomic mass is 10.2. The minimum absolute atomic E-state index is 0.0758. The van der Waals surface area contributed by atoms with Gasteiger partial charge in [0, 0.05) is 5.56 Å². The van der Waals surface area contributed by atoms with E-state index in [0.29, 0.717) is 22.7 Å². The predicted molar refractivity (Wildman–Crippen MR) is 77.9 cm³/mol. The highest BCUT2D eigenvalue weighted by molar-refractivity contribution is 5.63. The standard InChI is InChI=1S/C16H10F3N3O2/c17-16(18,19)15-20-14(22(21-15)11-4-2-1-3-5-11)10-6-7-12-13(8-10)24-9-23-12/h1-8H,9H2. The lowest BCUT2D eigenvalue weighted by Gasteiger charge is -2.06. The molecule has 0 spiro atoms. The molecule has 2 heterocycles. The Labute approximate surface area is 134 Å². The Morgan fingerprint density at radius 2 is 1.71 bits per heavy atom. The van der Waals surface area contributed by atoms with Crippen LogP contribution in [-0.4, -0.2) is 21.6 Å². The van der Waals surface area contributed by atoms with Gasteiger partial charge in [-0.1, -0.05) is 18.2 Å². The Hall–Kier alpha value is -3.03. The molecule has 0 saturated carbocycles. The molecule has 0 unspecified atom stereocenters. The van der Waals surface area contributed by atoms with Gasteiger partial charge < -0.3 is 9.47 Å². The van der Waals surface area contributed by atoms with Gasteiger partial charge in [-0.25, -0.2) is 9.67 Å². The number of rotatable bonds is 2. The number of alkyl halides is 3. The molecule has 0 radical (unpaired) electrons. The lowest BCUT2D eigenvalue weighted by molar-refractivity contribution is -0.144. The smallest absolute Gasteiger partial charge is 0.453 e. The molecule has 0 atom stereocenters. The van der Waals surface area contributed by atoms with Crippen LogP contribution in [-0.2, 0) is 6.18 Å². The fourth-order valence-electron chi connectivity index (χ4n) is 2.40.